The van der Waals surface area contributed by atoms with Crippen molar-refractivity contribution >= 4 is 6.03 Å². The Hall–Kier alpha value is -0.770. The lowest BCUT2D eigenvalue weighted by molar-refractivity contribution is 0.148. The Labute approximate surface area is 117 Å². The van der Waals surface area contributed by atoms with Crippen molar-refractivity contribution in [3.63, 3.8) is 0 Å². The van der Waals surface area contributed by atoms with Crippen molar-refractivity contribution < 1.29 is 9.90 Å². The molecule has 19 heavy (non-hydrogen) atoms. The molecule has 0 aromatic heterocycles. The van der Waals surface area contributed by atoms with Crippen LogP contribution in [-0.2, 0) is 0 Å². The Balaban J connectivity index is 2.14. The zero-order valence-corrected chi connectivity index (χ0v) is 12.7. The van der Waals surface area contributed by atoms with Gasteiger partial charge in [-0.1, -0.05) is 33.6 Å². The van der Waals surface area contributed by atoms with E-state index in [1.54, 1.807) is 0 Å². The lowest BCUT2D eigenvalue weighted by Gasteiger charge is -2.29. The average molecular weight is 270 g/mol. The molecule has 0 aliphatic heterocycles. The predicted octanol–water partition coefficient (Wildman–Crippen LogP) is 2.66. The highest BCUT2D eigenvalue weighted by Crippen LogP contribution is 2.23. The van der Waals surface area contributed by atoms with E-state index in [0.29, 0.717) is 18.5 Å². The van der Waals surface area contributed by atoms with Crippen LogP contribution in [0.2, 0.25) is 0 Å². The van der Waals surface area contributed by atoms with Gasteiger partial charge >= 0.3 is 6.03 Å². The molecule has 0 radical (unpaired) electrons. The van der Waals surface area contributed by atoms with Crippen LogP contribution in [0.25, 0.3) is 0 Å². The van der Waals surface area contributed by atoms with Crippen molar-refractivity contribution in [3.8, 4) is 0 Å². The molecule has 2 amide bonds. The number of carbonyl (C=O) groups is 1. The summed E-state index contributed by atoms with van der Waals surface area (Å²) in [4.78, 5) is 11.8. The minimum Gasteiger partial charge on any atom is -0.396 e. The molecule has 1 aliphatic rings. The summed E-state index contributed by atoms with van der Waals surface area (Å²) in [6, 6.07) is 0.295. The number of carbonyl (C=O) groups excluding carboxylic acids is 1. The van der Waals surface area contributed by atoms with Crippen LogP contribution in [0.5, 0.6) is 0 Å². The molecular formula is C15H30N2O2. The van der Waals surface area contributed by atoms with E-state index in [0.717, 1.165) is 19.3 Å². The van der Waals surface area contributed by atoms with E-state index in [2.05, 4.69) is 17.6 Å². The number of urea groups is 1. The van der Waals surface area contributed by atoms with Gasteiger partial charge in [0.15, 0.2) is 0 Å². The maximum absolute atomic E-state index is 11.8. The van der Waals surface area contributed by atoms with Crippen molar-refractivity contribution in [3.05, 3.63) is 0 Å². The van der Waals surface area contributed by atoms with Crippen LogP contribution >= 0.6 is 0 Å². The first-order chi connectivity index (χ1) is 8.94. The van der Waals surface area contributed by atoms with Gasteiger partial charge in [-0.15, -0.1) is 0 Å². The molecule has 0 bridgehead atoms. The standard InChI is InChI=1S/C15H30N2O2/c1-12-7-4-5-8-13(12)17-14(19)16-10-6-9-15(2,3)11-18/h12-13,18H,4-11H2,1-3H3,(H2,16,17,19). The molecule has 4 heteroatoms. The van der Waals surface area contributed by atoms with E-state index >= 15 is 0 Å². The summed E-state index contributed by atoms with van der Waals surface area (Å²) in [5.74, 6) is 0.591. The highest BCUT2D eigenvalue weighted by Gasteiger charge is 2.22. The van der Waals surface area contributed by atoms with Gasteiger partial charge in [0, 0.05) is 19.2 Å². The Morgan fingerprint density at radius 1 is 1.32 bits per heavy atom. The van der Waals surface area contributed by atoms with Crippen molar-refractivity contribution in [1.82, 2.24) is 10.6 Å². The van der Waals surface area contributed by atoms with Gasteiger partial charge in [0.2, 0.25) is 0 Å². The second kappa shape index (κ2) is 7.73. The molecule has 112 valence electrons. The Bertz CT molecular complexity index is 279. The normalized spacial score (nSPS) is 24.0. The largest absolute Gasteiger partial charge is 0.396 e. The third-order valence-electron chi connectivity index (χ3n) is 4.17. The quantitative estimate of drug-likeness (QED) is 0.650. The Morgan fingerprint density at radius 2 is 2.00 bits per heavy atom. The molecule has 2 atom stereocenters. The van der Waals surface area contributed by atoms with Crippen LogP contribution in [0, 0.1) is 11.3 Å². The number of aliphatic hydroxyl groups excluding tert-OH is 1. The first-order valence-corrected chi connectivity index (χ1v) is 7.60. The summed E-state index contributed by atoms with van der Waals surface area (Å²) in [6.07, 6.45) is 6.66. The van der Waals surface area contributed by atoms with Gasteiger partial charge in [0.05, 0.1) is 0 Å². The van der Waals surface area contributed by atoms with Crippen LogP contribution in [0.4, 0.5) is 4.79 Å². The van der Waals surface area contributed by atoms with Gasteiger partial charge in [0.1, 0.15) is 0 Å². The molecule has 1 aliphatic carbocycles. The molecule has 1 fully saturated rings. The lowest BCUT2D eigenvalue weighted by atomic mass is 9.86. The second-order valence-corrected chi connectivity index (χ2v) is 6.69. The zero-order valence-electron chi connectivity index (χ0n) is 12.7. The summed E-state index contributed by atoms with van der Waals surface area (Å²) in [6.45, 7) is 7.16. The van der Waals surface area contributed by atoms with E-state index in [9.17, 15) is 4.79 Å². The number of rotatable bonds is 6. The molecule has 0 heterocycles. The summed E-state index contributed by atoms with van der Waals surface area (Å²) >= 11 is 0. The van der Waals surface area contributed by atoms with Gasteiger partial charge in [0.25, 0.3) is 0 Å². The van der Waals surface area contributed by atoms with Gasteiger partial charge in [-0.05, 0) is 37.0 Å². The summed E-state index contributed by atoms with van der Waals surface area (Å²) < 4.78 is 0. The number of amides is 2. The minimum absolute atomic E-state index is 0.0412. The van der Waals surface area contributed by atoms with E-state index in [4.69, 9.17) is 5.11 Å². The fourth-order valence-corrected chi connectivity index (χ4v) is 2.60. The Morgan fingerprint density at radius 3 is 2.63 bits per heavy atom. The van der Waals surface area contributed by atoms with E-state index < -0.39 is 0 Å². The van der Waals surface area contributed by atoms with E-state index in [1.165, 1.54) is 19.3 Å². The summed E-state index contributed by atoms with van der Waals surface area (Å²) in [5, 5.41) is 15.1. The fourth-order valence-electron chi connectivity index (χ4n) is 2.60. The van der Waals surface area contributed by atoms with Crippen molar-refractivity contribution in [2.45, 2.75) is 65.3 Å². The summed E-state index contributed by atoms with van der Waals surface area (Å²) in [7, 11) is 0. The molecule has 3 N–H and O–H groups in total. The highest BCUT2D eigenvalue weighted by atomic mass is 16.3. The third-order valence-corrected chi connectivity index (χ3v) is 4.17. The first-order valence-electron chi connectivity index (χ1n) is 7.60. The SMILES string of the molecule is CC1CCCCC1NC(=O)NCCCC(C)(C)CO. The van der Waals surface area contributed by atoms with Crippen LogP contribution in [0.1, 0.15) is 59.3 Å². The van der Waals surface area contributed by atoms with Gasteiger partial charge in [-0.2, -0.15) is 0 Å². The predicted molar refractivity (Wildman–Crippen MR) is 78.1 cm³/mol. The van der Waals surface area contributed by atoms with Crippen molar-refractivity contribution in [2.24, 2.45) is 11.3 Å². The number of nitrogens with one attached hydrogen (secondary N) is 2. The minimum atomic E-state index is -0.0456. The van der Waals surface area contributed by atoms with Gasteiger partial charge < -0.3 is 15.7 Å². The molecule has 4 nitrogen and oxygen atoms in total. The van der Waals surface area contributed by atoms with Crippen molar-refractivity contribution in [1.29, 1.82) is 0 Å². The Kier molecular flexibility index (Phi) is 6.63. The molecular weight excluding hydrogens is 240 g/mol. The fraction of sp³-hybridized carbons (Fsp3) is 0.933. The molecule has 1 rings (SSSR count). The summed E-state index contributed by atoms with van der Waals surface area (Å²) in [5.41, 5.74) is -0.0456. The monoisotopic (exact) mass is 270 g/mol. The third kappa shape index (κ3) is 6.28. The number of hydrogen-bond donors (Lipinski definition) is 3. The number of aliphatic hydroxyl groups is 1. The molecule has 1 saturated carbocycles. The maximum Gasteiger partial charge on any atom is 0.315 e. The second-order valence-electron chi connectivity index (χ2n) is 6.69. The van der Waals surface area contributed by atoms with Crippen LogP contribution < -0.4 is 10.6 Å². The van der Waals surface area contributed by atoms with E-state index in [-0.39, 0.29) is 18.1 Å². The molecule has 0 spiro atoms. The van der Waals surface area contributed by atoms with Gasteiger partial charge in [-0.3, -0.25) is 0 Å². The molecule has 0 saturated heterocycles. The highest BCUT2D eigenvalue weighted by molar-refractivity contribution is 5.74. The molecule has 2 unspecified atom stereocenters. The smallest absolute Gasteiger partial charge is 0.315 e. The molecule has 0 aromatic rings. The average Bonchev–Trinajstić information content (AvgIpc) is 2.38. The van der Waals surface area contributed by atoms with E-state index in [1.807, 2.05) is 13.8 Å². The van der Waals surface area contributed by atoms with Crippen LogP contribution in [0.3, 0.4) is 0 Å². The zero-order chi connectivity index (χ0) is 14.3. The van der Waals surface area contributed by atoms with Gasteiger partial charge in [-0.25, -0.2) is 4.79 Å². The first kappa shape index (κ1) is 16.3. The van der Waals surface area contributed by atoms with Crippen LogP contribution in [-0.4, -0.2) is 30.3 Å². The number of hydrogen-bond acceptors (Lipinski definition) is 2. The van der Waals surface area contributed by atoms with Crippen molar-refractivity contribution in [2.75, 3.05) is 13.2 Å². The van der Waals surface area contributed by atoms with Crippen LogP contribution in [0.15, 0.2) is 0 Å². The maximum atomic E-state index is 11.8. The lowest BCUT2D eigenvalue weighted by Crippen LogP contribution is -2.46. The molecule has 0 aromatic carbocycles. The topological polar surface area (TPSA) is 61.4 Å².